The Labute approximate surface area is 78.2 Å². The van der Waals surface area contributed by atoms with Crippen molar-refractivity contribution < 1.29 is 4.42 Å². The first-order valence-corrected chi connectivity index (χ1v) is 4.21. The van der Waals surface area contributed by atoms with Gasteiger partial charge in [0, 0.05) is 0 Å². The van der Waals surface area contributed by atoms with Gasteiger partial charge in [-0.15, -0.1) is 0 Å². The summed E-state index contributed by atoms with van der Waals surface area (Å²) in [7, 11) is 0. The zero-order chi connectivity index (χ0) is 9.54. The third-order valence-electron chi connectivity index (χ3n) is 2.18. The van der Waals surface area contributed by atoms with Gasteiger partial charge in [-0.25, -0.2) is 0 Å². The van der Waals surface area contributed by atoms with E-state index in [4.69, 9.17) is 4.42 Å². The second-order valence-electron chi connectivity index (χ2n) is 3.04. The van der Waals surface area contributed by atoms with E-state index in [1.165, 1.54) is 6.20 Å². The third kappa shape index (κ3) is 0.821. The maximum absolute atomic E-state index is 11.8. The summed E-state index contributed by atoms with van der Waals surface area (Å²) in [5.41, 5.74) is 1.43. The summed E-state index contributed by atoms with van der Waals surface area (Å²) in [5, 5.41) is 6.96. The predicted octanol–water partition coefficient (Wildman–Crippen LogP) is 1.67. The molecule has 0 bridgehead atoms. The predicted molar refractivity (Wildman–Crippen MR) is 52.1 cm³/mol. The molecule has 0 atom stereocenters. The number of nitrogens with zero attached hydrogens (tertiary/aromatic N) is 1. The van der Waals surface area contributed by atoms with Crippen molar-refractivity contribution in [2.75, 3.05) is 0 Å². The summed E-state index contributed by atoms with van der Waals surface area (Å²) in [6.45, 7) is 0. The molecule has 14 heavy (non-hydrogen) atoms. The van der Waals surface area contributed by atoms with Crippen LogP contribution in [-0.2, 0) is 0 Å². The van der Waals surface area contributed by atoms with Crippen molar-refractivity contribution in [2.45, 2.75) is 0 Å². The summed E-state index contributed by atoms with van der Waals surface area (Å²) in [6.07, 6.45) is 1.50. The fraction of sp³-hybridized carbons (Fsp3) is 0. The van der Waals surface area contributed by atoms with E-state index >= 15 is 0 Å². The van der Waals surface area contributed by atoms with Crippen LogP contribution in [0.2, 0.25) is 0 Å². The summed E-state index contributed by atoms with van der Waals surface area (Å²) < 4.78 is 5.47. The van der Waals surface area contributed by atoms with Gasteiger partial charge < -0.3 is 4.42 Å². The second kappa shape index (κ2) is 2.45. The molecule has 0 aliphatic rings. The normalized spacial score (nSPS) is 11.1. The number of aromatic amines is 1. The van der Waals surface area contributed by atoms with Gasteiger partial charge in [0.15, 0.2) is 5.58 Å². The quantitative estimate of drug-likeness (QED) is 0.581. The number of nitrogens with one attached hydrogen (secondary N) is 1. The molecule has 4 heteroatoms. The number of aromatic nitrogens is 2. The van der Waals surface area contributed by atoms with E-state index < -0.39 is 0 Å². The van der Waals surface area contributed by atoms with E-state index in [-0.39, 0.29) is 5.43 Å². The van der Waals surface area contributed by atoms with E-state index in [0.717, 1.165) is 0 Å². The number of H-pyrrole nitrogens is 1. The molecule has 4 nitrogen and oxygen atoms in total. The Balaban J connectivity index is 2.70. The molecule has 0 saturated heterocycles. The lowest BCUT2D eigenvalue weighted by atomic mass is 10.2. The highest BCUT2D eigenvalue weighted by atomic mass is 16.3. The van der Waals surface area contributed by atoms with Gasteiger partial charge in [0.25, 0.3) is 0 Å². The van der Waals surface area contributed by atoms with Crippen molar-refractivity contribution in [3.63, 3.8) is 0 Å². The SMILES string of the molecule is O=c1c2ccccc2oc2cn[nH]c12. The van der Waals surface area contributed by atoms with E-state index in [2.05, 4.69) is 10.2 Å². The molecular formula is C10H6N2O2. The van der Waals surface area contributed by atoms with E-state index in [9.17, 15) is 4.79 Å². The average Bonchev–Trinajstić information content (AvgIpc) is 2.66. The lowest BCUT2D eigenvalue weighted by Gasteiger charge is -1.94. The van der Waals surface area contributed by atoms with Crippen molar-refractivity contribution in [1.29, 1.82) is 0 Å². The monoisotopic (exact) mass is 186 g/mol. The van der Waals surface area contributed by atoms with Crippen LogP contribution >= 0.6 is 0 Å². The van der Waals surface area contributed by atoms with Crippen LogP contribution < -0.4 is 5.43 Å². The lowest BCUT2D eigenvalue weighted by Crippen LogP contribution is -2.01. The van der Waals surface area contributed by atoms with E-state index in [1.54, 1.807) is 18.2 Å². The van der Waals surface area contributed by atoms with Crippen LogP contribution in [0.3, 0.4) is 0 Å². The smallest absolute Gasteiger partial charge is 0.218 e. The van der Waals surface area contributed by atoms with Crippen LogP contribution in [0.1, 0.15) is 0 Å². The number of para-hydroxylation sites is 1. The van der Waals surface area contributed by atoms with Gasteiger partial charge in [0.2, 0.25) is 5.43 Å². The van der Waals surface area contributed by atoms with Crippen LogP contribution in [0.5, 0.6) is 0 Å². The Kier molecular flexibility index (Phi) is 1.28. The second-order valence-corrected chi connectivity index (χ2v) is 3.04. The van der Waals surface area contributed by atoms with Gasteiger partial charge in [-0.2, -0.15) is 5.10 Å². The molecule has 1 N–H and O–H groups in total. The number of hydrogen-bond donors (Lipinski definition) is 1. The van der Waals surface area contributed by atoms with Crippen molar-refractivity contribution in [2.24, 2.45) is 0 Å². The first-order valence-electron chi connectivity index (χ1n) is 4.21. The number of rotatable bonds is 0. The molecule has 3 aromatic rings. The van der Waals surface area contributed by atoms with Crippen LogP contribution in [0.25, 0.3) is 22.1 Å². The summed E-state index contributed by atoms with van der Waals surface area (Å²) in [4.78, 5) is 11.8. The number of benzene rings is 1. The fourth-order valence-electron chi connectivity index (χ4n) is 1.51. The van der Waals surface area contributed by atoms with Crippen LogP contribution in [-0.4, -0.2) is 10.2 Å². The van der Waals surface area contributed by atoms with Crippen molar-refractivity contribution in [1.82, 2.24) is 10.2 Å². The number of hydrogen-bond acceptors (Lipinski definition) is 3. The van der Waals surface area contributed by atoms with Gasteiger partial charge in [0.05, 0.1) is 11.6 Å². The molecule has 2 aromatic heterocycles. The van der Waals surface area contributed by atoms with Crippen LogP contribution in [0.4, 0.5) is 0 Å². The minimum Gasteiger partial charge on any atom is -0.452 e. The largest absolute Gasteiger partial charge is 0.452 e. The Morgan fingerprint density at radius 2 is 2.07 bits per heavy atom. The fourth-order valence-corrected chi connectivity index (χ4v) is 1.51. The topological polar surface area (TPSA) is 58.9 Å². The Morgan fingerprint density at radius 1 is 1.21 bits per heavy atom. The maximum atomic E-state index is 11.8. The molecular weight excluding hydrogens is 180 g/mol. The van der Waals surface area contributed by atoms with E-state index in [0.29, 0.717) is 22.1 Å². The summed E-state index contributed by atoms with van der Waals surface area (Å²) in [6, 6.07) is 7.14. The average molecular weight is 186 g/mol. The highest BCUT2D eigenvalue weighted by Crippen LogP contribution is 2.15. The molecule has 0 spiro atoms. The summed E-state index contributed by atoms with van der Waals surface area (Å²) >= 11 is 0. The van der Waals surface area contributed by atoms with Crippen molar-refractivity contribution in [3.05, 3.63) is 40.7 Å². The zero-order valence-electron chi connectivity index (χ0n) is 7.15. The maximum Gasteiger partial charge on any atom is 0.218 e. The van der Waals surface area contributed by atoms with E-state index in [1.807, 2.05) is 6.07 Å². The molecule has 3 rings (SSSR count). The Morgan fingerprint density at radius 3 is 3.00 bits per heavy atom. The van der Waals surface area contributed by atoms with Gasteiger partial charge in [-0.3, -0.25) is 9.89 Å². The minimum atomic E-state index is -0.0700. The van der Waals surface area contributed by atoms with Gasteiger partial charge in [-0.1, -0.05) is 12.1 Å². The Hall–Kier alpha value is -2.10. The lowest BCUT2D eigenvalue weighted by molar-refractivity contribution is 0.660. The van der Waals surface area contributed by atoms with Crippen molar-refractivity contribution in [3.8, 4) is 0 Å². The molecule has 0 saturated carbocycles. The molecule has 0 radical (unpaired) electrons. The highest BCUT2D eigenvalue weighted by Gasteiger charge is 2.07. The number of fused-ring (bicyclic) bond motifs is 2. The zero-order valence-corrected chi connectivity index (χ0v) is 7.15. The third-order valence-corrected chi connectivity index (χ3v) is 2.18. The molecule has 1 aromatic carbocycles. The molecule has 0 unspecified atom stereocenters. The molecule has 68 valence electrons. The van der Waals surface area contributed by atoms with Crippen LogP contribution in [0, 0.1) is 0 Å². The van der Waals surface area contributed by atoms with Crippen LogP contribution in [0.15, 0.2) is 39.7 Å². The standard InChI is InChI=1S/C10H6N2O2/c13-10-6-3-1-2-4-7(6)14-8-5-11-12-9(8)10/h1-5H,(H,11,12). The minimum absolute atomic E-state index is 0.0700. The van der Waals surface area contributed by atoms with Gasteiger partial charge in [0.1, 0.15) is 11.1 Å². The van der Waals surface area contributed by atoms with Gasteiger partial charge in [-0.05, 0) is 12.1 Å². The molecule has 0 fully saturated rings. The summed E-state index contributed by atoms with van der Waals surface area (Å²) in [5.74, 6) is 0. The highest BCUT2D eigenvalue weighted by molar-refractivity contribution is 5.86. The first-order chi connectivity index (χ1) is 6.86. The first kappa shape index (κ1) is 7.32. The van der Waals surface area contributed by atoms with Gasteiger partial charge >= 0.3 is 0 Å². The molecule has 0 amide bonds. The van der Waals surface area contributed by atoms with Crippen molar-refractivity contribution >= 4 is 22.1 Å². The molecule has 0 aliphatic carbocycles. The molecule has 2 heterocycles. The Bertz CT molecular complexity index is 666. The molecule has 0 aliphatic heterocycles.